The van der Waals surface area contributed by atoms with Crippen LogP contribution < -0.4 is 10.6 Å². The first-order valence-electron chi connectivity index (χ1n) is 6.13. The van der Waals surface area contributed by atoms with E-state index >= 15 is 0 Å². The molecule has 2 aromatic rings. The number of amides is 1. The summed E-state index contributed by atoms with van der Waals surface area (Å²) in [6.45, 7) is 4.71. The molecule has 0 saturated heterocycles. The van der Waals surface area contributed by atoms with Crippen molar-refractivity contribution in [2.45, 2.75) is 13.8 Å². The first-order chi connectivity index (χ1) is 9.19. The molecule has 0 atom stereocenters. The predicted octanol–water partition coefficient (Wildman–Crippen LogP) is 2.47. The highest BCUT2D eigenvalue weighted by Crippen LogP contribution is 2.11. The lowest BCUT2D eigenvalue weighted by Gasteiger charge is -2.06. The number of aromatic nitrogens is 2. The number of carbonyl (C=O) groups excluding carboxylic acids is 1. The zero-order chi connectivity index (χ0) is 13.7. The number of benzene rings is 1. The molecule has 2 rings (SSSR count). The second-order valence-corrected chi connectivity index (χ2v) is 4.14. The molecule has 0 aliphatic heterocycles. The van der Waals surface area contributed by atoms with Gasteiger partial charge in [0.05, 0.1) is 0 Å². The number of nitrogens with one attached hydrogen (secondary N) is 2. The summed E-state index contributed by atoms with van der Waals surface area (Å²) in [5, 5.41) is 5.84. The smallest absolute Gasteiger partial charge is 0.274 e. The first-order valence-corrected chi connectivity index (χ1v) is 6.13. The van der Waals surface area contributed by atoms with Gasteiger partial charge in [0.25, 0.3) is 5.91 Å². The highest BCUT2D eigenvalue weighted by atomic mass is 16.1. The van der Waals surface area contributed by atoms with Crippen molar-refractivity contribution in [3.63, 3.8) is 0 Å². The molecule has 1 aromatic carbocycles. The van der Waals surface area contributed by atoms with Gasteiger partial charge in [0.15, 0.2) is 0 Å². The summed E-state index contributed by atoms with van der Waals surface area (Å²) in [6, 6.07) is 9.24. The molecule has 0 bridgehead atoms. The minimum atomic E-state index is -0.245. The van der Waals surface area contributed by atoms with Crippen molar-refractivity contribution < 1.29 is 4.79 Å². The van der Waals surface area contributed by atoms with Gasteiger partial charge < -0.3 is 10.6 Å². The number of hydrogen-bond donors (Lipinski definition) is 2. The van der Waals surface area contributed by atoms with E-state index in [4.69, 9.17) is 0 Å². The molecule has 98 valence electrons. The van der Waals surface area contributed by atoms with Gasteiger partial charge in [-0.15, -0.1) is 0 Å². The Morgan fingerprint density at radius 2 is 1.95 bits per heavy atom. The van der Waals surface area contributed by atoms with Crippen LogP contribution in [0.5, 0.6) is 0 Å². The quantitative estimate of drug-likeness (QED) is 0.881. The number of anilines is 2. The number of carbonyl (C=O) groups is 1. The fourth-order valence-electron chi connectivity index (χ4n) is 1.59. The van der Waals surface area contributed by atoms with Crippen LogP contribution in [0, 0.1) is 6.92 Å². The molecule has 0 radical (unpaired) electrons. The van der Waals surface area contributed by atoms with Crippen molar-refractivity contribution in [1.82, 2.24) is 9.97 Å². The summed E-state index contributed by atoms with van der Waals surface area (Å²) in [5.74, 6) is 0.400. The van der Waals surface area contributed by atoms with E-state index in [9.17, 15) is 4.79 Å². The lowest BCUT2D eigenvalue weighted by molar-refractivity contribution is 0.102. The second-order valence-electron chi connectivity index (χ2n) is 4.14. The average molecular weight is 256 g/mol. The van der Waals surface area contributed by atoms with E-state index in [1.54, 1.807) is 6.07 Å². The molecule has 0 fully saturated rings. The maximum Gasteiger partial charge on any atom is 0.274 e. The molecule has 0 saturated carbocycles. The fraction of sp³-hybridized carbons (Fsp3) is 0.214. The van der Waals surface area contributed by atoms with Crippen LogP contribution >= 0.6 is 0 Å². The van der Waals surface area contributed by atoms with Gasteiger partial charge in [-0.25, -0.2) is 9.97 Å². The molecule has 1 amide bonds. The minimum absolute atomic E-state index is 0.245. The molecule has 0 spiro atoms. The Hall–Kier alpha value is -2.43. The number of aryl methyl sites for hydroxylation is 1. The lowest BCUT2D eigenvalue weighted by atomic mass is 10.2. The van der Waals surface area contributed by atoms with E-state index in [1.807, 2.05) is 38.1 Å². The molecule has 0 unspecified atom stereocenters. The van der Waals surface area contributed by atoms with Crippen molar-refractivity contribution in [2.24, 2.45) is 0 Å². The Bertz CT molecular complexity index is 566. The molecule has 0 aliphatic carbocycles. The van der Waals surface area contributed by atoms with E-state index in [0.717, 1.165) is 17.8 Å². The van der Waals surface area contributed by atoms with Crippen LogP contribution in [0.4, 0.5) is 11.5 Å². The predicted molar refractivity (Wildman–Crippen MR) is 75.3 cm³/mol. The van der Waals surface area contributed by atoms with E-state index in [-0.39, 0.29) is 5.91 Å². The number of rotatable bonds is 4. The fourth-order valence-corrected chi connectivity index (χ4v) is 1.59. The molecular formula is C14H16N4O. The molecule has 1 heterocycles. The number of hydrogen-bond acceptors (Lipinski definition) is 4. The van der Waals surface area contributed by atoms with E-state index in [1.165, 1.54) is 6.33 Å². The van der Waals surface area contributed by atoms with Gasteiger partial charge in [0.2, 0.25) is 0 Å². The highest BCUT2D eigenvalue weighted by Gasteiger charge is 2.08. The van der Waals surface area contributed by atoms with Crippen LogP contribution in [-0.2, 0) is 0 Å². The van der Waals surface area contributed by atoms with Gasteiger partial charge in [0, 0.05) is 18.3 Å². The summed E-state index contributed by atoms with van der Waals surface area (Å²) in [4.78, 5) is 20.0. The highest BCUT2D eigenvalue weighted by molar-refractivity contribution is 6.03. The topological polar surface area (TPSA) is 66.9 Å². The van der Waals surface area contributed by atoms with Gasteiger partial charge in [-0.3, -0.25) is 4.79 Å². The zero-order valence-electron chi connectivity index (χ0n) is 11.0. The third-order valence-electron chi connectivity index (χ3n) is 2.57. The average Bonchev–Trinajstić information content (AvgIpc) is 2.42. The van der Waals surface area contributed by atoms with Crippen molar-refractivity contribution >= 4 is 17.4 Å². The standard InChI is InChI=1S/C14H16N4O/c1-3-15-13-8-12(16-9-17-13)14(19)18-11-6-4-10(2)5-7-11/h4-9H,3H2,1-2H3,(H,18,19)(H,15,16,17). The summed E-state index contributed by atoms with van der Waals surface area (Å²) in [7, 11) is 0. The van der Waals surface area contributed by atoms with Crippen LogP contribution in [0.15, 0.2) is 36.7 Å². The Morgan fingerprint density at radius 1 is 1.21 bits per heavy atom. The SMILES string of the molecule is CCNc1cc(C(=O)Nc2ccc(C)cc2)ncn1. The molecular weight excluding hydrogens is 240 g/mol. The lowest BCUT2D eigenvalue weighted by Crippen LogP contribution is -2.14. The maximum atomic E-state index is 12.0. The van der Waals surface area contributed by atoms with Crippen molar-refractivity contribution in [3.8, 4) is 0 Å². The molecule has 1 aromatic heterocycles. The first kappa shape index (κ1) is 13.0. The van der Waals surface area contributed by atoms with Crippen LogP contribution in [0.3, 0.4) is 0 Å². The molecule has 19 heavy (non-hydrogen) atoms. The largest absolute Gasteiger partial charge is 0.370 e. The molecule has 5 heteroatoms. The van der Waals surface area contributed by atoms with E-state index in [2.05, 4.69) is 20.6 Å². The Morgan fingerprint density at radius 3 is 2.63 bits per heavy atom. The van der Waals surface area contributed by atoms with E-state index in [0.29, 0.717) is 11.5 Å². The zero-order valence-corrected chi connectivity index (χ0v) is 11.0. The Labute approximate surface area is 112 Å². The summed E-state index contributed by atoms with van der Waals surface area (Å²) in [5.41, 5.74) is 2.24. The van der Waals surface area contributed by atoms with Gasteiger partial charge in [-0.05, 0) is 26.0 Å². The summed E-state index contributed by atoms with van der Waals surface area (Å²) in [6.07, 6.45) is 1.38. The molecule has 5 nitrogen and oxygen atoms in total. The van der Waals surface area contributed by atoms with Crippen LogP contribution in [0.25, 0.3) is 0 Å². The second kappa shape index (κ2) is 5.95. The Kier molecular flexibility index (Phi) is 4.07. The van der Waals surface area contributed by atoms with Crippen LogP contribution in [0.1, 0.15) is 23.0 Å². The van der Waals surface area contributed by atoms with Crippen molar-refractivity contribution in [3.05, 3.63) is 47.9 Å². The van der Waals surface area contributed by atoms with Crippen LogP contribution in [-0.4, -0.2) is 22.4 Å². The van der Waals surface area contributed by atoms with Gasteiger partial charge in [0.1, 0.15) is 17.8 Å². The number of nitrogens with zero attached hydrogens (tertiary/aromatic N) is 2. The molecule has 0 aliphatic rings. The summed E-state index contributed by atoms with van der Waals surface area (Å²) < 4.78 is 0. The minimum Gasteiger partial charge on any atom is -0.370 e. The molecule has 2 N–H and O–H groups in total. The van der Waals surface area contributed by atoms with Gasteiger partial charge in [-0.1, -0.05) is 17.7 Å². The van der Waals surface area contributed by atoms with Crippen molar-refractivity contribution in [1.29, 1.82) is 0 Å². The monoisotopic (exact) mass is 256 g/mol. The third-order valence-corrected chi connectivity index (χ3v) is 2.57. The maximum absolute atomic E-state index is 12.0. The van der Waals surface area contributed by atoms with Gasteiger partial charge in [-0.2, -0.15) is 0 Å². The third kappa shape index (κ3) is 3.51. The normalized spacial score (nSPS) is 10.0. The summed E-state index contributed by atoms with van der Waals surface area (Å²) >= 11 is 0. The van der Waals surface area contributed by atoms with E-state index < -0.39 is 0 Å². The van der Waals surface area contributed by atoms with Crippen LogP contribution in [0.2, 0.25) is 0 Å². The van der Waals surface area contributed by atoms with Crippen molar-refractivity contribution in [2.75, 3.05) is 17.2 Å². The van der Waals surface area contributed by atoms with Gasteiger partial charge >= 0.3 is 0 Å². The Balaban J connectivity index is 2.11.